The molecule has 0 aromatic rings. The molecular weight excluding hydrogens is 170 g/mol. The Bertz CT molecular complexity index is 254. The second kappa shape index (κ2) is 4.18. The fourth-order valence-corrected chi connectivity index (χ4v) is 1.24. The predicted molar refractivity (Wildman–Crippen MR) is 46.9 cm³/mol. The van der Waals surface area contributed by atoms with E-state index in [1.807, 2.05) is 6.92 Å². The Hall–Kier alpha value is -1.16. The second-order valence-electron chi connectivity index (χ2n) is 2.96. The summed E-state index contributed by atoms with van der Waals surface area (Å²) < 4.78 is 5.11. The molecule has 0 aromatic carbocycles. The molecule has 1 aliphatic rings. The van der Waals surface area contributed by atoms with Gasteiger partial charge in [0.25, 0.3) is 11.8 Å². The summed E-state index contributed by atoms with van der Waals surface area (Å²) in [6.07, 6.45) is 2.69. The average molecular weight is 183 g/mol. The van der Waals surface area contributed by atoms with Crippen LogP contribution in [0.4, 0.5) is 0 Å². The van der Waals surface area contributed by atoms with Crippen LogP contribution in [0.25, 0.3) is 0 Å². The zero-order chi connectivity index (χ0) is 9.84. The van der Waals surface area contributed by atoms with Gasteiger partial charge in [-0.25, -0.2) is 0 Å². The molecule has 72 valence electrons. The van der Waals surface area contributed by atoms with Gasteiger partial charge in [-0.1, -0.05) is 6.92 Å². The Morgan fingerprint density at radius 3 is 2.62 bits per heavy atom. The SMILES string of the molecule is CCC(CC1=CC(=O)NC1=O)OC. The first-order valence-corrected chi connectivity index (χ1v) is 4.26. The van der Waals surface area contributed by atoms with Crippen molar-refractivity contribution < 1.29 is 14.3 Å². The van der Waals surface area contributed by atoms with E-state index in [1.165, 1.54) is 6.08 Å². The molecule has 0 aliphatic carbocycles. The number of ether oxygens (including phenoxy) is 1. The lowest BCUT2D eigenvalue weighted by molar-refractivity contribution is -0.124. The Labute approximate surface area is 76.9 Å². The molecule has 0 radical (unpaired) electrons. The van der Waals surface area contributed by atoms with Crippen molar-refractivity contribution >= 4 is 11.8 Å². The third kappa shape index (κ3) is 2.39. The van der Waals surface area contributed by atoms with Gasteiger partial charge in [0.05, 0.1) is 6.10 Å². The molecule has 2 amide bonds. The molecule has 1 heterocycles. The monoisotopic (exact) mass is 183 g/mol. The standard InChI is InChI=1S/C9H13NO3/c1-3-7(13-2)4-6-5-8(11)10-9(6)12/h5,7H,3-4H2,1-2H3,(H,10,11,12). The predicted octanol–water partition coefficient (Wildman–Crippen LogP) is 0.384. The van der Waals surface area contributed by atoms with Crippen LogP contribution in [-0.4, -0.2) is 25.0 Å². The Morgan fingerprint density at radius 2 is 2.23 bits per heavy atom. The molecule has 0 aromatic heterocycles. The van der Waals surface area contributed by atoms with E-state index in [1.54, 1.807) is 7.11 Å². The largest absolute Gasteiger partial charge is 0.381 e. The van der Waals surface area contributed by atoms with Gasteiger partial charge in [-0.2, -0.15) is 0 Å². The highest BCUT2D eigenvalue weighted by molar-refractivity contribution is 6.16. The lowest BCUT2D eigenvalue weighted by Gasteiger charge is -2.11. The number of amides is 2. The molecule has 0 saturated carbocycles. The van der Waals surface area contributed by atoms with Crippen molar-refractivity contribution in [2.75, 3.05) is 7.11 Å². The molecule has 0 fully saturated rings. The van der Waals surface area contributed by atoms with Gasteiger partial charge in [-0.15, -0.1) is 0 Å². The van der Waals surface area contributed by atoms with Crippen molar-refractivity contribution in [1.82, 2.24) is 5.32 Å². The van der Waals surface area contributed by atoms with E-state index < -0.39 is 0 Å². The minimum absolute atomic E-state index is 0.0166. The maximum atomic E-state index is 11.1. The molecule has 4 nitrogen and oxygen atoms in total. The van der Waals surface area contributed by atoms with E-state index in [9.17, 15) is 9.59 Å². The molecule has 0 bridgehead atoms. The number of hydrogen-bond donors (Lipinski definition) is 1. The molecule has 1 aliphatic heterocycles. The number of rotatable bonds is 4. The molecule has 1 unspecified atom stereocenters. The van der Waals surface area contributed by atoms with Gasteiger partial charge in [0, 0.05) is 25.2 Å². The van der Waals surface area contributed by atoms with Crippen molar-refractivity contribution in [2.45, 2.75) is 25.9 Å². The number of methoxy groups -OCH3 is 1. The van der Waals surface area contributed by atoms with Crippen molar-refractivity contribution in [2.24, 2.45) is 0 Å². The number of carbonyl (C=O) groups is 2. The first kappa shape index (κ1) is 9.92. The molecule has 0 spiro atoms. The van der Waals surface area contributed by atoms with Crippen molar-refractivity contribution in [3.8, 4) is 0 Å². The molecular formula is C9H13NO3. The summed E-state index contributed by atoms with van der Waals surface area (Å²) in [5, 5.41) is 2.19. The topological polar surface area (TPSA) is 55.4 Å². The lowest BCUT2D eigenvalue weighted by Crippen LogP contribution is -2.23. The van der Waals surface area contributed by atoms with Crippen LogP contribution in [0.15, 0.2) is 11.6 Å². The second-order valence-corrected chi connectivity index (χ2v) is 2.96. The number of imide groups is 1. The minimum Gasteiger partial charge on any atom is -0.381 e. The van der Waals surface area contributed by atoms with Crippen LogP contribution in [0.2, 0.25) is 0 Å². The van der Waals surface area contributed by atoms with E-state index in [0.717, 1.165) is 6.42 Å². The summed E-state index contributed by atoms with van der Waals surface area (Å²) in [7, 11) is 1.60. The number of carbonyl (C=O) groups excluding carboxylic acids is 2. The summed E-state index contributed by atoms with van der Waals surface area (Å²) in [6.45, 7) is 1.98. The third-order valence-corrected chi connectivity index (χ3v) is 2.07. The summed E-state index contributed by atoms with van der Waals surface area (Å²) in [5.74, 6) is -0.619. The van der Waals surface area contributed by atoms with Gasteiger partial charge in [0.2, 0.25) is 0 Å². The smallest absolute Gasteiger partial charge is 0.254 e. The fraction of sp³-hybridized carbons (Fsp3) is 0.556. The van der Waals surface area contributed by atoms with Crippen LogP contribution in [0, 0.1) is 0 Å². The Kier molecular flexibility index (Phi) is 3.19. The summed E-state index contributed by atoms with van der Waals surface area (Å²) >= 11 is 0. The first-order chi connectivity index (χ1) is 6.17. The van der Waals surface area contributed by atoms with Gasteiger partial charge >= 0.3 is 0 Å². The Balaban J connectivity index is 2.58. The first-order valence-electron chi connectivity index (χ1n) is 4.26. The van der Waals surface area contributed by atoms with Gasteiger partial charge in [0.1, 0.15) is 0 Å². The zero-order valence-corrected chi connectivity index (χ0v) is 7.79. The number of nitrogens with one attached hydrogen (secondary N) is 1. The minimum atomic E-state index is -0.328. The summed E-state index contributed by atoms with van der Waals surface area (Å²) in [5.41, 5.74) is 0.513. The van der Waals surface area contributed by atoms with Crippen LogP contribution < -0.4 is 5.32 Å². The molecule has 0 saturated heterocycles. The zero-order valence-electron chi connectivity index (χ0n) is 7.79. The average Bonchev–Trinajstić information content (AvgIpc) is 2.41. The third-order valence-electron chi connectivity index (χ3n) is 2.07. The Morgan fingerprint density at radius 1 is 1.54 bits per heavy atom. The van der Waals surface area contributed by atoms with E-state index in [2.05, 4.69) is 5.32 Å². The highest BCUT2D eigenvalue weighted by Crippen LogP contribution is 2.14. The van der Waals surface area contributed by atoms with Crippen LogP contribution >= 0.6 is 0 Å². The van der Waals surface area contributed by atoms with Gasteiger partial charge in [-0.05, 0) is 6.42 Å². The van der Waals surface area contributed by atoms with Crippen molar-refractivity contribution in [3.05, 3.63) is 11.6 Å². The van der Waals surface area contributed by atoms with Crippen LogP contribution in [0.1, 0.15) is 19.8 Å². The highest BCUT2D eigenvalue weighted by Gasteiger charge is 2.22. The van der Waals surface area contributed by atoms with E-state index in [-0.39, 0.29) is 17.9 Å². The number of hydrogen-bond acceptors (Lipinski definition) is 3. The summed E-state index contributed by atoms with van der Waals surface area (Å²) in [4.78, 5) is 21.9. The maximum absolute atomic E-state index is 11.1. The lowest BCUT2D eigenvalue weighted by atomic mass is 10.1. The maximum Gasteiger partial charge on any atom is 0.254 e. The van der Waals surface area contributed by atoms with Gasteiger partial charge < -0.3 is 4.74 Å². The van der Waals surface area contributed by atoms with E-state index in [0.29, 0.717) is 12.0 Å². The quantitative estimate of drug-likeness (QED) is 0.641. The molecule has 1 N–H and O–H groups in total. The van der Waals surface area contributed by atoms with Gasteiger partial charge in [-0.3, -0.25) is 14.9 Å². The molecule has 4 heteroatoms. The van der Waals surface area contributed by atoms with Crippen molar-refractivity contribution in [3.63, 3.8) is 0 Å². The normalized spacial score (nSPS) is 18.5. The van der Waals surface area contributed by atoms with Gasteiger partial charge in [0.15, 0.2) is 0 Å². The van der Waals surface area contributed by atoms with Crippen LogP contribution in [0.5, 0.6) is 0 Å². The van der Waals surface area contributed by atoms with E-state index in [4.69, 9.17) is 4.74 Å². The highest BCUT2D eigenvalue weighted by atomic mass is 16.5. The van der Waals surface area contributed by atoms with E-state index >= 15 is 0 Å². The van der Waals surface area contributed by atoms with Crippen molar-refractivity contribution in [1.29, 1.82) is 0 Å². The fourth-order valence-electron chi connectivity index (χ4n) is 1.24. The molecule has 1 atom stereocenters. The van der Waals surface area contributed by atoms with Crippen LogP contribution in [-0.2, 0) is 14.3 Å². The molecule has 13 heavy (non-hydrogen) atoms. The van der Waals surface area contributed by atoms with Crippen LogP contribution in [0.3, 0.4) is 0 Å². The molecule has 1 rings (SSSR count). The summed E-state index contributed by atoms with van der Waals surface area (Å²) in [6, 6.07) is 0.